The molecule has 0 spiro atoms. The number of halogens is 1. The fraction of sp³-hybridized carbons (Fsp3) is 0. The molecular weight excluding hydrogens is 158 g/mol. The van der Waals surface area contributed by atoms with E-state index in [2.05, 4.69) is 0 Å². The van der Waals surface area contributed by atoms with Gasteiger partial charge in [-0.25, -0.2) is 4.39 Å². The Morgan fingerprint density at radius 3 is 2.27 bits per heavy atom. The SMILES string of the molecule is O=C([O-])c1ccccc1F.[Na+]. The van der Waals surface area contributed by atoms with Crippen molar-refractivity contribution >= 4 is 5.97 Å². The van der Waals surface area contributed by atoms with Crippen molar-refractivity contribution < 1.29 is 43.8 Å². The van der Waals surface area contributed by atoms with E-state index in [-0.39, 0.29) is 29.6 Å². The predicted octanol–water partition coefficient (Wildman–Crippen LogP) is -2.81. The molecule has 1 rings (SSSR count). The van der Waals surface area contributed by atoms with Gasteiger partial charge < -0.3 is 9.90 Å². The van der Waals surface area contributed by atoms with E-state index in [1.165, 1.54) is 12.1 Å². The van der Waals surface area contributed by atoms with Crippen LogP contribution in [0.3, 0.4) is 0 Å². The number of hydrogen-bond acceptors (Lipinski definition) is 2. The molecule has 0 aromatic heterocycles. The van der Waals surface area contributed by atoms with Crippen LogP contribution in [-0.2, 0) is 0 Å². The molecule has 1 aromatic rings. The molecule has 11 heavy (non-hydrogen) atoms. The second kappa shape index (κ2) is 4.49. The van der Waals surface area contributed by atoms with Crippen molar-refractivity contribution in [3.63, 3.8) is 0 Å². The molecule has 0 aliphatic carbocycles. The second-order valence-corrected chi connectivity index (χ2v) is 1.77. The fourth-order valence-electron chi connectivity index (χ4n) is 0.627. The molecular formula is C7H4FNaO2. The minimum atomic E-state index is -1.49. The van der Waals surface area contributed by atoms with Gasteiger partial charge in [-0.1, -0.05) is 18.2 Å². The first kappa shape index (κ1) is 10.6. The van der Waals surface area contributed by atoms with Crippen molar-refractivity contribution in [3.05, 3.63) is 35.6 Å². The molecule has 0 saturated carbocycles. The van der Waals surface area contributed by atoms with Crippen LogP contribution < -0.4 is 34.7 Å². The Bertz CT molecular complexity index is 262. The van der Waals surface area contributed by atoms with Gasteiger partial charge in [-0.2, -0.15) is 0 Å². The van der Waals surface area contributed by atoms with Crippen molar-refractivity contribution in [2.45, 2.75) is 0 Å². The third kappa shape index (κ3) is 2.61. The third-order valence-corrected chi connectivity index (χ3v) is 1.09. The molecule has 4 heteroatoms. The molecule has 52 valence electrons. The van der Waals surface area contributed by atoms with E-state index in [0.717, 1.165) is 12.1 Å². The molecule has 0 heterocycles. The summed E-state index contributed by atoms with van der Waals surface area (Å²) in [5.74, 6) is -2.25. The topological polar surface area (TPSA) is 40.1 Å². The third-order valence-electron chi connectivity index (χ3n) is 1.09. The average Bonchev–Trinajstić information content (AvgIpc) is 1.88. The number of benzene rings is 1. The standard InChI is InChI=1S/C7H5FO2.Na/c8-6-4-2-1-3-5(6)7(9)10;/h1-4H,(H,9,10);/q;+1/p-1. The Kier molecular flexibility index (Phi) is 4.33. The maximum absolute atomic E-state index is 12.4. The van der Waals surface area contributed by atoms with Crippen molar-refractivity contribution in [1.29, 1.82) is 0 Å². The predicted molar refractivity (Wildman–Crippen MR) is 30.7 cm³/mol. The van der Waals surface area contributed by atoms with Gasteiger partial charge in [0, 0.05) is 5.56 Å². The van der Waals surface area contributed by atoms with Crippen molar-refractivity contribution in [2.75, 3.05) is 0 Å². The monoisotopic (exact) mass is 162 g/mol. The minimum absolute atomic E-state index is 0. The van der Waals surface area contributed by atoms with Gasteiger partial charge in [0.1, 0.15) is 5.82 Å². The van der Waals surface area contributed by atoms with Crippen LogP contribution >= 0.6 is 0 Å². The van der Waals surface area contributed by atoms with Gasteiger partial charge in [0.25, 0.3) is 0 Å². The summed E-state index contributed by atoms with van der Waals surface area (Å²) in [5.41, 5.74) is -0.400. The number of carbonyl (C=O) groups excluding carboxylic acids is 1. The van der Waals surface area contributed by atoms with Crippen LogP contribution in [0.1, 0.15) is 10.4 Å². The normalized spacial score (nSPS) is 8.45. The zero-order chi connectivity index (χ0) is 7.56. The maximum atomic E-state index is 12.4. The Morgan fingerprint density at radius 2 is 1.91 bits per heavy atom. The van der Waals surface area contributed by atoms with Crippen molar-refractivity contribution in [1.82, 2.24) is 0 Å². The van der Waals surface area contributed by atoms with E-state index in [1.807, 2.05) is 0 Å². The first-order chi connectivity index (χ1) is 4.72. The van der Waals surface area contributed by atoms with Crippen LogP contribution in [0.15, 0.2) is 24.3 Å². The summed E-state index contributed by atoms with van der Waals surface area (Å²) >= 11 is 0. The smallest absolute Gasteiger partial charge is 0.545 e. The van der Waals surface area contributed by atoms with Gasteiger partial charge in [0.05, 0.1) is 5.97 Å². The number of rotatable bonds is 1. The van der Waals surface area contributed by atoms with Crippen LogP contribution in [0, 0.1) is 5.82 Å². The van der Waals surface area contributed by atoms with E-state index in [4.69, 9.17) is 0 Å². The summed E-state index contributed by atoms with van der Waals surface area (Å²) < 4.78 is 12.4. The molecule has 0 aliphatic rings. The van der Waals surface area contributed by atoms with Crippen LogP contribution in [0.4, 0.5) is 4.39 Å². The molecule has 0 fully saturated rings. The van der Waals surface area contributed by atoms with Crippen LogP contribution in [-0.4, -0.2) is 5.97 Å². The number of hydrogen-bond donors (Lipinski definition) is 0. The molecule has 0 bridgehead atoms. The molecule has 0 atom stereocenters. The molecule has 0 N–H and O–H groups in total. The largest absolute Gasteiger partial charge is 1.00 e. The molecule has 1 aromatic carbocycles. The number of carboxylic acid groups (broad SMARTS) is 1. The van der Waals surface area contributed by atoms with Crippen molar-refractivity contribution in [2.24, 2.45) is 0 Å². The first-order valence-corrected chi connectivity index (χ1v) is 2.67. The Balaban J connectivity index is 0.000001000. The van der Waals surface area contributed by atoms with Gasteiger partial charge >= 0.3 is 29.6 Å². The second-order valence-electron chi connectivity index (χ2n) is 1.77. The zero-order valence-corrected chi connectivity index (χ0v) is 8.00. The number of carbonyl (C=O) groups is 1. The van der Waals surface area contributed by atoms with E-state index in [0.29, 0.717) is 0 Å². The van der Waals surface area contributed by atoms with Gasteiger partial charge in [0.15, 0.2) is 0 Å². The summed E-state index contributed by atoms with van der Waals surface area (Å²) in [7, 11) is 0. The van der Waals surface area contributed by atoms with Crippen LogP contribution in [0.5, 0.6) is 0 Å². The number of aromatic carboxylic acids is 1. The van der Waals surface area contributed by atoms with E-state index in [9.17, 15) is 14.3 Å². The molecule has 0 aliphatic heterocycles. The summed E-state index contributed by atoms with van der Waals surface area (Å²) in [6, 6.07) is 5.09. The molecule has 0 saturated heterocycles. The Hall–Kier alpha value is -0.380. The summed E-state index contributed by atoms with van der Waals surface area (Å²) in [5, 5.41) is 10.1. The van der Waals surface area contributed by atoms with Crippen LogP contribution in [0.2, 0.25) is 0 Å². The van der Waals surface area contributed by atoms with Gasteiger partial charge in [-0.3, -0.25) is 0 Å². The Morgan fingerprint density at radius 1 is 1.36 bits per heavy atom. The maximum Gasteiger partial charge on any atom is 1.00 e. The minimum Gasteiger partial charge on any atom is -0.545 e. The summed E-state index contributed by atoms with van der Waals surface area (Å²) in [6.45, 7) is 0. The molecule has 0 unspecified atom stereocenters. The fourth-order valence-corrected chi connectivity index (χ4v) is 0.627. The molecule has 2 nitrogen and oxygen atoms in total. The first-order valence-electron chi connectivity index (χ1n) is 2.67. The van der Waals surface area contributed by atoms with Gasteiger partial charge in [-0.05, 0) is 6.07 Å². The molecule has 0 radical (unpaired) electrons. The Labute approximate surface area is 85.3 Å². The van der Waals surface area contributed by atoms with E-state index >= 15 is 0 Å². The quantitative estimate of drug-likeness (QED) is 0.418. The molecule has 0 amide bonds. The summed E-state index contributed by atoms with van der Waals surface area (Å²) in [4.78, 5) is 10.1. The average molecular weight is 162 g/mol. The van der Waals surface area contributed by atoms with E-state index in [1.54, 1.807) is 0 Å². The number of carboxylic acids is 1. The van der Waals surface area contributed by atoms with Gasteiger partial charge in [-0.15, -0.1) is 0 Å². The summed E-state index contributed by atoms with van der Waals surface area (Å²) in [6.07, 6.45) is 0. The van der Waals surface area contributed by atoms with Crippen molar-refractivity contribution in [3.8, 4) is 0 Å². The van der Waals surface area contributed by atoms with E-state index < -0.39 is 17.3 Å². The van der Waals surface area contributed by atoms with Gasteiger partial charge in [0.2, 0.25) is 0 Å². The van der Waals surface area contributed by atoms with Crippen LogP contribution in [0.25, 0.3) is 0 Å². The zero-order valence-electron chi connectivity index (χ0n) is 6.00.